The number of hydrogen-bond acceptors (Lipinski definition) is 18. The lowest BCUT2D eigenvalue weighted by atomic mass is 9.96. The summed E-state index contributed by atoms with van der Waals surface area (Å²) >= 11 is 0. The normalized spacial score (nSPS) is 31.0. The molecular formula is C27H38O18. The van der Waals surface area contributed by atoms with Gasteiger partial charge < -0.3 is 52.1 Å². The molecule has 0 unspecified atom stereocenters. The van der Waals surface area contributed by atoms with Gasteiger partial charge in [-0.05, 0) is 0 Å². The van der Waals surface area contributed by atoms with Crippen molar-refractivity contribution < 1.29 is 85.7 Å². The molecule has 45 heavy (non-hydrogen) atoms. The van der Waals surface area contributed by atoms with Gasteiger partial charge in [0.1, 0.15) is 25.4 Å². The van der Waals surface area contributed by atoms with E-state index >= 15 is 0 Å². The van der Waals surface area contributed by atoms with Crippen molar-refractivity contribution in [3.05, 3.63) is 0 Å². The zero-order valence-electron chi connectivity index (χ0n) is 26.0. The zero-order valence-corrected chi connectivity index (χ0v) is 26.0. The van der Waals surface area contributed by atoms with Crippen LogP contribution in [0.1, 0.15) is 48.5 Å². The third-order valence-corrected chi connectivity index (χ3v) is 6.12. The molecule has 0 aromatic rings. The van der Waals surface area contributed by atoms with Crippen LogP contribution >= 0.6 is 0 Å². The number of rotatable bonds is 12. The van der Waals surface area contributed by atoms with Gasteiger partial charge in [-0.15, -0.1) is 0 Å². The topological polar surface area (TPSA) is 221 Å². The number of carbonyl (C=O) groups is 7. The molecule has 2 rings (SSSR count). The van der Waals surface area contributed by atoms with Crippen molar-refractivity contribution in [3.63, 3.8) is 0 Å². The van der Waals surface area contributed by atoms with E-state index in [4.69, 9.17) is 52.1 Å². The monoisotopic (exact) mass is 650 g/mol. The number of esters is 7. The second-order valence-corrected chi connectivity index (χ2v) is 9.90. The highest BCUT2D eigenvalue weighted by molar-refractivity contribution is 5.69. The lowest BCUT2D eigenvalue weighted by molar-refractivity contribution is -0.366. The Hall–Kier alpha value is -3.87. The Morgan fingerprint density at radius 2 is 0.778 bits per heavy atom. The van der Waals surface area contributed by atoms with Crippen LogP contribution in [0.2, 0.25) is 0 Å². The summed E-state index contributed by atoms with van der Waals surface area (Å²) in [5.41, 5.74) is 0. The van der Waals surface area contributed by atoms with Gasteiger partial charge in [0.2, 0.25) is 0 Å². The van der Waals surface area contributed by atoms with Crippen LogP contribution in [0.15, 0.2) is 0 Å². The van der Waals surface area contributed by atoms with E-state index < -0.39 is 116 Å². The maximum absolute atomic E-state index is 12.2. The summed E-state index contributed by atoms with van der Waals surface area (Å²) in [6.07, 6.45) is -14.9. The number of carbonyl (C=O) groups excluding carboxylic acids is 7. The zero-order chi connectivity index (χ0) is 34.0. The van der Waals surface area contributed by atoms with E-state index in [-0.39, 0.29) is 0 Å². The summed E-state index contributed by atoms with van der Waals surface area (Å²) in [6, 6.07) is 0. The van der Waals surface area contributed by atoms with Gasteiger partial charge in [0.25, 0.3) is 0 Å². The molecule has 2 aliphatic heterocycles. The molecule has 0 bridgehead atoms. The van der Waals surface area contributed by atoms with Gasteiger partial charge in [-0.3, -0.25) is 33.6 Å². The van der Waals surface area contributed by atoms with Crippen LogP contribution in [-0.4, -0.2) is 124 Å². The first-order valence-corrected chi connectivity index (χ1v) is 13.7. The molecule has 254 valence electrons. The molecule has 2 heterocycles. The summed E-state index contributed by atoms with van der Waals surface area (Å²) in [5, 5.41) is 0. The minimum Gasteiger partial charge on any atom is -0.463 e. The first-order chi connectivity index (χ1) is 21.0. The van der Waals surface area contributed by atoms with Crippen LogP contribution in [0, 0.1) is 0 Å². The van der Waals surface area contributed by atoms with Crippen LogP contribution in [0.5, 0.6) is 0 Å². The van der Waals surface area contributed by atoms with E-state index in [0.29, 0.717) is 0 Å². The van der Waals surface area contributed by atoms with E-state index in [2.05, 4.69) is 0 Å². The molecule has 0 N–H and O–H groups in total. The van der Waals surface area contributed by atoms with Crippen molar-refractivity contribution in [2.45, 2.75) is 110 Å². The Labute approximate surface area is 258 Å². The van der Waals surface area contributed by atoms with Gasteiger partial charge >= 0.3 is 41.8 Å². The molecule has 0 amide bonds. The molecule has 0 aromatic heterocycles. The molecular weight excluding hydrogens is 612 g/mol. The molecule has 10 atom stereocenters. The van der Waals surface area contributed by atoms with Crippen LogP contribution in [0.3, 0.4) is 0 Å². The average molecular weight is 651 g/mol. The Balaban J connectivity index is 2.64. The molecule has 18 heteroatoms. The number of methoxy groups -OCH3 is 1. The first kappa shape index (κ1) is 37.3. The standard InChI is InChI=1S/C27H38O18/c1-11(28)36-9-18-20(38-13(3)30)22(40-15(5)32)24(26(35-8)43-18)45-27-25(42-17(7)34)23(41-16(6)33)21(39-14(4)31)19(44-27)10-37-12(2)29/h18-27H,9-10H2,1-8H3/t18-,19+,20+,21+,22-,23-,24+,25+,26+,27-/m0/s1. The minimum atomic E-state index is -1.74. The summed E-state index contributed by atoms with van der Waals surface area (Å²) in [6.45, 7) is 6.53. The van der Waals surface area contributed by atoms with Gasteiger partial charge in [0.05, 0.1) is 0 Å². The highest BCUT2D eigenvalue weighted by Gasteiger charge is 2.57. The maximum atomic E-state index is 12.2. The van der Waals surface area contributed by atoms with Crippen molar-refractivity contribution in [1.29, 1.82) is 0 Å². The Morgan fingerprint density at radius 1 is 0.444 bits per heavy atom. The fraction of sp³-hybridized carbons (Fsp3) is 0.741. The van der Waals surface area contributed by atoms with Crippen molar-refractivity contribution >= 4 is 41.8 Å². The Kier molecular flexibility index (Phi) is 14.1. The SMILES string of the molecule is CO[C@@H]1O[C@@H](COC(C)=O)[C@@H](OC(C)=O)[C@H](OC(C)=O)[C@H]1O[C@@H]1O[C@H](COC(C)=O)[C@@H](OC(C)=O)[C@H](OC(C)=O)[C@H]1OC(C)=O. The minimum absolute atomic E-state index is 0.448. The molecule has 0 spiro atoms. The summed E-state index contributed by atoms with van der Waals surface area (Å²) < 4.78 is 60.6. The highest BCUT2D eigenvalue weighted by Crippen LogP contribution is 2.35. The quantitative estimate of drug-likeness (QED) is 0.187. The summed E-state index contributed by atoms with van der Waals surface area (Å²) in [7, 11) is 1.20. The fourth-order valence-corrected chi connectivity index (χ4v) is 4.66. The van der Waals surface area contributed by atoms with Crippen molar-refractivity contribution in [2.24, 2.45) is 0 Å². The molecule has 2 fully saturated rings. The molecule has 18 nitrogen and oxygen atoms in total. The smallest absolute Gasteiger partial charge is 0.303 e. The predicted octanol–water partition coefficient (Wildman–Crippen LogP) is -0.747. The van der Waals surface area contributed by atoms with Crippen molar-refractivity contribution in [3.8, 4) is 0 Å². The van der Waals surface area contributed by atoms with Gasteiger partial charge in [-0.1, -0.05) is 0 Å². The number of ether oxygens (including phenoxy) is 11. The fourth-order valence-electron chi connectivity index (χ4n) is 4.66. The van der Waals surface area contributed by atoms with Gasteiger partial charge in [-0.25, -0.2) is 0 Å². The van der Waals surface area contributed by atoms with Crippen LogP contribution in [0.4, 0.5) is 0 Å². The van der Waals surface area contributed by atoms with Gasteiger partial charge in [0.15, 0.2) is 49.2 Å². The Morgan fingerprint density at radius 3 is 1.13 bits per heavy atom. The molecule has 0 aromatic carbocycles. The van der Waals surface area contributed by atoms with E-state index in [9.17, 15) is 33.6 Å². The predicted molar refractivity (Wildman–Crippen MR) is 140 cm³/mol. The van der Waals surface area contributed by atoms with Crippen LogP contribution in [0.25, 0.3) is 0 Å². The van der Waals surface area contributed by atoms with E-state index in [1.807, 2.05) is 0 Å². The Bertz CT molecular complexity index is 1110. The van der Waals surface area contributed by atoms with E-state index in [1.54, 1.807) is 0 Å². The molecule has 0 aliphatic carbocycles. The second kappa shape index (κ2) is 17.0. The summed E-state index contributed by atoms with van der Waals surface area (Å²) in [4.78, 5) is 83.8. The van der Waals surface area contributed by atoms with Crippen molar-refractivity contribution in [1.82, 2.24) is 0 Å². The third-order valence-electron chi connectivity index (χ3n) is 6.12. The molecule has 2 saturated heterocycles. The van der Waals surface area contributed by atoms with E-state index in [1.165, 1.54) is 7.11 Å². The second-order valence-electron chi connectivity index (χ2n) is 9.90. The van der Waals surface area contributed by atoms with Gasteiger partial charge in [-0.2, -0.15) is 0 Å². The lowest BCUT2D eigenvalue weighted by Crippen LogP contribution is -2.67. The van der Waals surface area contributed by atoms with Crippen molar-refractivity contribution in [2.75, 3.05) is 20.3 Å². The first-order valence-electron chi connectivity index (χ1n) is 13.7. The van der Waals surface area contributed by atoms with Gasteiger partial charge in [0, 0.05) is 55.6 Å². The van der Waals surface area contributed by atoms with Crippen LogP contribution in [-0.2, 0) is 85.7 Å². The number of hydrogen-bond donors (Lipinski definition) is 0. The maximum Gasteiger partial charge on any atom is 0.303 e. The molecule has 2 aliphatic rings. The molecule has 0 saturated carbocycles. The van der Waals surface area contributed by atoms with E-state index in [0.717, 1.165) is 48.5 Å². The largest absolute Gasteiger partial charge is 0.463 e. The third kappa shape index (κ3) is 11.2. The lowest BCUT2D eigenvalue weighted by Gasteiger charge is -2.48. The van der Waals surface area contributed by atoms with Crippen LogP contribution < -0.4 is 0 Å². The summed E-state index contributed by atoms with van der Waals surface area (Å²) in [5.74, 6) is -5.71. The highest BCUT2D eigenvalue weighted by atomic mass is 16.8. The molecule has 0 radical (unpaired) electrons. The average Bonchev–Trinajstić information content (AvgIpc) is 2.90.